The summed E-state index contributed by atoms with van der Waals surface area (Å²) in [5, 5.41) is 0. The molecular formula is C12H18ClN3O2. The molecule has 0 aromatic carbocycles. The van der Waals surface area contributed by atoms with Crippen molar-refractivity contribution in [3.8, 4) is 0 Å². The minimum absolute atomic E-state index is 0.151. The van der Waals surface area contributed by atoms with E-state index in [4.69, 9.17) is 16.3 Å². The number of alkyl halides is 1. The zero-order chi connectivity index (χ0) is 13.0. The quantitative estimate of drug-likeness (QED) is 0.839. The first-order valence-corrected chi connectivity index (χ1v) is 6.76. The van der Waals surface area contributed by atoms with Gasteiger partial charge in [0.05, 0.1) is 18.1 Å². The van der Waals surface area contributed by atoms with Crippen molar-refractivity contribution in [1.29, 1.82) is 0 Å². The Labute approximate surface area is 111 Å². The van der Waals surface area contributed by atoms with Crippen LogP contribution in [0, 0.1) is 0 Å². The predicted molar refractivity (Wildman–Crippen MR) is 69.8 cm³/mol. The first-order valence-electron chi connectivity index (χ1n) is 6.22. The SMILES string of the molecule is CCCN1CCOC(c2ncc(CCl)c(=O)[nH]2)C1. The number of aromatic amines is 1. The van der Waals surface area contributed by atoms with Crippen LogP contribution in [0.3, 0.4) is 0 Å². The Kier molecular flexibility index (Phi) is 4.74. The summed E-state index contributed by atoms with van der Waals surface area (Å²) in [5.41, 5.74) is 0.313. The first-order chi connectivity index (χ1) is 8.74. The largest absolute Gasteiger partial charge is 0.368 e. The van der Waals surface area contributed by atoms with Gasteiger partial charge in [-0.15, -0.1) is 11.6 Å². The highest BCUT2D eigenvalue weighted by Crippen LogP contribution is 2.18. The molecule has 0 amide bonds. The third-order valence-corrected chi connectivity index (χ3v) is 3.32. The Hall–Kier alpha value is -0.910. The summed E-state index contributed by atoms with van der Waals surface area (Å²) in [6.07, 6.45) is 2.49. The van der Waals surface area contributed by atoms with Crippen LogP contribution in [0.5, 0.6) is 0 Å². The molecule has 0 radical (unpaired) electrons. The van der Waals surface area contributed by atoms with Gasteiger partial charge in [-0.3, -0.25) is 9.69 Å². The van der Waals surface area contributed by atoms with Crippen molar-refractivity contribution in [3.63, 3.8) is 0 Å². The monoisotopic (exact) mass is 271 g/mol. The van der Waals surface area contributed by atoms with Crippen LogP contribution in [0.1, 0.15) is 30.8 Å². The minimum atomic E-state index is -0.175. The van der Waals surface area contributed by atoms with E-state index in [0.29, 0.717) is 18.0 Å². The molecule has 0 aliphatic carbocycles. The fourth-order valence-electron chi connectivity index (χ4n) is 2.08. The van der Waals surface area contributed by atoms with Crippen LogP contribution in [-0.2, 0) is 10.6 Å². The third-order valence-electron chi connectivity index (χ3n) is 3.03. The molecule has 1 aliphatic heterocycles. The number of nitrogens with one attached hydrogen (secondary N) is 1. The molecule has 2 heterocycles. The van der Waals surface area contributed by atoms with Crippen molar-refractivity contribution in [2.45, 2.75) is 25.3 Å². The summed E-state index contributed by atoms with van der Waals surface area (Å²) in [7, 11) is 0. The van der Waals surface area contributed by atoms with Crippen molar-refractivity contribution < 1.29 is 4.74 Å². The average Bonchev–Trinajstić information content (AvgIpc) is 2.39. The van der Waals surface area contributed by atoms with Gasteiger partial charge in [0, 0.05) is 19.3 Å². The highest BCUT2D eigenvalue weighted by Gasteiger charge is 2.23. The molecule has 0 bridgehead atoms. The van der Waals surface area contributed by atoms with Crippen LogP contribution in [0.15, 0.2) is 11.0 Å². The molecule has 2 rings (SSSR count). The van der Waals surface area contributed by atoms with E-state index in [0.717, 1.165) is 26.1 Å². The van der Waals surface area contributed by atoms with Crippen LogP contribution >= 0.6 is 11.6 Å². The zero-order valence-corrected chi connectivity index (χ0v) is 11.2. The summed E-state index contributed by atoms with van der Waals surface area (Å²) >= 11 is 5.64. The molecule has 6 heteroatoms. The summed E-state index contributed by atoms with van der Waals surface area (Å²) in [6, 6.07) is 0. The molecular weight excluding hydrogens is 254 g/mol. The number of ether oxygens (including phenoxy) is 1. The molecule has 1 aliphatic rings. The van der Waals surface area contributed by atoms with Crippen LogP contribution in [0.2, 0.25) is 0 Å². The Morgan fingerprint density at radius 2 is 2.50 bits per heavy atom. The van der Waals surface area contributed by atoms with Crippen molar-refractivity contribution in [2.75, 3.05) is 26.2 Å². The van der Waals surface area contributed by atoms with Gasteiger partial charge in [-0.25, -0.2) is 4.98 Å². The lowest BCUT2D eigenvalue weighted by atomic mass is 10.2. The standard InChI is InChI=1S/C12H18ClN3O2/c1-2-3-16-4-5-18-10(8-16)11-14-7-9(6-13)12(17)15-11/h7,10H,2-6,8H2,1H3,(H,14,15,17). The topological polar surface area (TPSA) is 58.2 Å². The van der Waals surface area contributed by atoms with E-state index in [1.165, 1.54) is 6.20 Å². The number of hydrogen-bond donors (Lipinski definition) is 1. The first kappa shape index (κ1) is 13.5. The van der Waals surface area contributed by atoms with E-state index >= 15 is 0 Å². The second kappa shape index (κ2) is 6.31. The smallest absolute Gasteiger partial charge is 0.255 e. The average molecular weight is 272 g/mol. The van der Waals surface area contributed by atoms with Crippen molar-refractivity contribution >= 4 is 11.6 Å². The van der Waals surface area contributed by atoms with E-state index < -0.39 is 0 Å². The third kappa shape index (κ3) is 3.10. The lowest BCUT2D eigenvalue weighted by Crippen LogP contribution is -2.39. The van der Waals surface area contributed by atoms with Crippen molar-refractivity contribution in [1.82, 2.24) is 14.9 Å². The van der Waals surface area contributed by atoms with Gasteiger partial charge in [0.25, 0.3) is 5.56 Å². The Balaban J connectivity index is 2.11. The van der Waals surface area contributed by atoms with Gasteiger partial charge < -0.3 is 9.72 Å². The van der Waals surface area contributed by atoms with Crippen LogP contribution in [0.25, 0.3) is 0 Å². The number of H-pyrrole nitrogens is 1. The van der Waals surface area contributed by atoms with E-state index in [9.17, 15) is 4.79 Å². The molecule has 1 fully saturated rings. The molecule has 18 heavy (non-hydrogen) atoms. The predicted octanol–water partition coefficient (Wildman–Crippen LogP) is 1.29. The Bertz CT molecular complexity index is 447. The number of hydrogen-bond acceptors (Lipinski definition) is 4. The molecule has 0 saturated carbocycles. The van der Waals surface area contributed by atoms with Gasteiger partial charge in [0.1, 0.15) is 11.9 Å². The van der Waals surface area contributed by atoms with Gasteiger partial charge in [-0.2, -0.15) is 0 Å². The fourth-order valence-corrected chi connectivity index (χ4v) is 2.27. The molecule has 1 N–H and O–H groups in total. The molecule has 1 aromatic heterocycles. The van der Waals surface area contributed by atoms with Gasteiger partial charge in [0.2, 0.25) is 0 Å². The molecule has 5 nitrogen and oxygen atoms in total. The van der Waals surface area contributed by atoms with Crippen molar-refractivity contribution in [3.05, 3.63) is 27.9 Å². The fraction of sp³-hybridized carbons (Fsp3) is 0.667. The second-order valence-electron chi connectivity index (χ2n) is 4.42. The molecule has 100 valence electrons. The lowest BCUT2D eigenvalue weighted by Gasteiger charge is -2.31. The highest BCUT2D eigenvalue weighted by molar-refractivity contribution is 6.17. The van der Waals surface area contributed by atoms with Gasteiger partial charge >= 0.3 is 0 Å². The van der Waals surface area contributed by atoms with Crippen LogP contribution in [0.4, 0.5) is 0 Å². The number of halogens is 1. The maximum atomic E-state index is 11.7. The number of aromatic nitrogens is 2. The lowest BCUT2D eigenvalue weighted by molar-refractivity contribution is -0.0343. The maximum absolute atomic E-state index is 11.7. The Morgan fingerprint density at radius 1 is 1.67 bits per heavy atom. The van der Waals surface area contributed by atoms with Crippen LogP contribution in [-0.4, -0.2) is 41.1 Å². The maximum Gasteiger partial charge on any atom is 0.255 e. The Morgan fingerprint density at radius 3 is 3.17 bits per heavy atom. The van der Waals surface area contributed by atoms with Gasteiger partial charge in [0.15, 0.2) is 0 Å². The number of morpholine rings is 1. The summed E-state index contributed by atoms with van der Waals surface area (Å²) < 4.78 is 5.66. The second-order valence-corrected chi connectivity index (χ2v) is 4.68. The number of nitrogens with zero attached hydrogens (tertiary/aromatic N) is 2. The molecule has 0 spiro atoms. The molecule has 1 aromatic rings. The number of rotatable bonds is 4. The van der Waals surface area contributed by atoms with Gasteiger partial charge in [-0.05, 0) is 13.0 Å². The summed E-state index contributed by atoms with van der Waals surface area (Å²) in [5.74, 6) is 0.769. The van der Waals surface area contributed by atoms with Crippen molar-refractivity contribution in [2.24, 2.45) is 0 Å². The van der Waals surface area contributed by atoms with E-state index in [1.54, 1.807) is 0 Å². The van der Waals surface area contributed by atoms with E-state index in [-0.39, 0.29) is 17.5 Å². The molecule has 1 saturated heterocycles. The summed E-state index contributed by atoms with van der Waals surface area (Å²) in [6.45, 7) is 5.58. The zero-order valence-electron chi connectivity index (χ0n) is 10.5. The van der Waals surface area contributed by atoms with E-state index in [2.05, 4.69) is 21.8 Å². The van der Waals surface area contributed by atoms with Crippen LogP contribution < -0.4 is 5.56 Å². The minimum Gasteiger partial charge on any atom is -0.368 e. The highest BCUT2D eigenvalue weighted by atomic mass is 35.5. The molecule has 1 atom stereocenters. The van der Waals surface area contributed by atoms with E-state index in [1.807, 2.05) is 0 Å². The summed E-state index contributed by atoms with van der Waals surface area (Å²) in [4.78, 5) is 21.0. The molecule has 1 unspecified atom stereocenters. The van der Waals surface area contributed by atoms with Gasteiger partial charge in [-0.1, -0.05) is 6.92 Å². The normalized spacial score (nSPS) is 21.1.